The molecule has 5 nitrogen and oxygen atoms in total. The molecule has 0 N–H and O–H groups in total. The number of likely N-dealkylation sites (tertiary alicyclic amines) is 1. The van der Waals surface area contributed by atoms with Crippen molar-refractivity contribution in [1.82, 2.24) is 19.4 Å². The smallest absolute Gasteiger partial charge is 0.123 e. The van der Waals surface area contributed by atoms with Crippen LogP contribution in [-0.4, -0.2) is 39.1 Å². The molecule has 0 amide bonds. The summed E-state index contributed by atoms with van der Waals surface area (Å²) in [5.41, 5.74) is 2.69. The number of ether oxygens (including phenoxy) is 1. The number of imidazole rings is 1. The van der Waals surface area contributed by atoms with E-state index < -0.39 is 0 Å². The van der Waals surface area contributed by atoms with Gasteiger partial charge in [-0.25, -0.2) is 4.98 Å². The van der Waals surface area contributed by atoms with Gasteiger partial charge in [-0.3, -0.25) is 9.88 Å². The Morgan fingerprint density at radius 1 is 0.963 bits per heavy atom. The van der Waals surface area contributed by atoms with E-state index in [1.165, 1.54) is 24.0 Å². The van der Waals surface area contributed by atoms with E-state index in [1.54, 1.807) is 6.20 Å². The first-order chi connectivity index (χ1) is 13.4. The molecule has 1 aliphatic heterocycles. The van der Waals surface area contributed by atoms with Crippen molar-refractivity contribution in [3.05, 3.63) is 78.6 Å². The van der Waals surface area contributed by atoms with E-state index >= 15 is 0 Å². The monoisotopic (exact) mass is 362 g/mol. The Bertz CT molecular complexity index is 811. The fraction of sp³-hybridized carbons (Fsp3) is 0.364. The standard InChI is InChI=1S/C22H26N4O/c1-2-4-22(27-16-15-26-14-11-24-18-26)21(3-1)17-25-12-7-20(8-13-25)19-5-9-23-10-6-19/h1-6,9-11,14,18,20H,7-8,12-13,15-17H2. The zero-order valence-electron chi connectivity index (χ0n) is 15.6. The highest BCUT2D eigenvalue weighted by Gasteiger charge is 2.21. The zero-order chi connectivity index (χ0) is 18.3. The Morgan fingerprint density at radius 3 is 2.56 bits per heavy atom. The summed E-state index contributed by atoms with van der Waals surface area (Å²) in [4.78, 5) is 10.7. The van der Waals surface area contributed by atoms with E-state index in [0.29, 0.717) is 12.5 Å². The quantitative estimate of drug-likeness (QED) is 0.642. The lowest BCUT2D eigenvalue weighted by Crippen LogP contribution is -2.32. The largest absolute Gasteiger partial charge is 0.491 e. The van der Waals surface area contributed by atoms with Crippen LogP contribution in [-0.2, 0) is 13.1 Å². The Labute approximate surface area is 160 Å². The summed E-state index contributed by atoms with van der Waals surface area (Å²) in [6.45, 7) is 4.65. The minimum absolute atomic E-state index is 0.650. The number of piperidine rings is 1. The minimum atomic E-state index is 0.650. The van der Waals surface area contributed by atoms with Crippen LogP contribution >= 0.6 is 0 Å². The van der Waals surface area contributed by atoms with Crippen molar-refractivity contribution >= 4 is 0 Å². The molecule has 0 saturated carbocycles. The van der Waals surface area contributed by atoms with Crippen molar-refractivity contribution < 1.29 is 4.74 Å². The van der Waals surface area contributed by atoms with Crippen LogP contribution in [0.15, 0.2) is 67.5 Å². The molecule has 0 bridgehead atoms. The number of hydrogen-bond donors (Lipinski definition) is 0. The lowest BCUT2D eigenvalue weighted by molar-refractivity contribution is 0.200. The Kier molecular flexibility index (Phi) is 5.80. The number of nitrogens with zero attached hydrogens (tertiary/aromatic N) is 4. The first-order valence-electron chi connectivity index (χ1n) is 9.67. The van der Waals surface area contributed by atoms with E-state index in [0.717, 1.165) is 31.9 Å². The summed E-state index contributed by atoms with van der Waals surface area (Å²) >= 11 is 0. The van der Waals surface area contributed by atoms with Crippen LogP contribution in [0.3, 0.4) is 0 Å². The first kappa shape index (κ1) is 17.7. The van der Waals surface area contributed by atoms with E-state index in [4.69, 9.17) is 4.74 Å². The highest BCUT2D eigenvalue weighted by molar-refractivity contribution is 5.33. The van der Waals surface area contributed by atoms with Gasteiger partial charge >= 0.3 is 0 Å². The summed E-state index contributed by atoms with van der Waals surface area (Å²) < 4.78 is 8.09. The van der Waals surface area contributed by atoms with Crippen LogP contribution in [0, 0.1) is 0 Å². The van der Waals surface area contributed by atoms with E-state index in [1.807, 2.05) is 35.6 Å². The van der Waals surface area contributed by atoms with Gasteiger partial charge in [0, 0.05) is 36.9 Å². The molecule has 3 aromatic rings. The van der Waals surface area contributed by atoms with Crippen molar-refractivity contribution in [3.63, 3.8) is 0 Å². The summed E-state index contributed by atoms with van der Waals surface area (Å²) in [5.74, 6) is 1.65. The second-order valence-electron chi connectivity index (χ2n) is 7.09. The maximum Gasteiger partial charge on any atom is 0.123 e. The Balaban J connectivity index is 1.31. The van der Waals surface area contributed by atoms with Gasteiger partial charge in [0.2, 0.25) is 0 Å². The predicted octanol–water partition coefficient (Wildman–Crippen LogP) is 3.74. The molecule has 140 valence electrons. The number of para-hydroxylation sites is 1. The van der Waals surface area contributed by atoms with E-state index in [-0.39, 0.29) is 0 Å². The zero-order valence-corrected chi connectivity index (χ0v) is 15.6. The fourth-order valence-corrected chi connectivity index (χ4v) is 3.76. The van der Waals surface area contributed by atoms with Gasteiger partial charge in [-0.05, 0) is 55.6 Å². The number of hydrogen-bond acceptors (Lipinski definition) is 4. The van der Waals surface area contributed by atoms with Crippen molar-refractivity contribution in [2.45, 2.75) is 31.8 Å². The SMILES string of the molecule is c1ccc(OCCn2ccnc2)c(CN2CCC(c3ccncc3)CC2)c1. The van der Waals surface area contributed by atoms with E-state index in [2.05, 4.69) is 45.2 Å². The van der Waals surface area contributed by atoms with Crippen LogP contribution in [0.5, 0.6) is 5.75 Å². The van der Waals surface area contributed by atoms with Gasteiger partial charge in [0.1, 0.15) is 12.4 Å². The molecule has 0 atom stereocenters. The normalized spacial score (nSPS) is 15.7. The Hall–Kier alpha value is -2.66. The first-order valence-corrected chi connectivity index (χ1v) is 9.67. The highest BCUT2D eigenvalue weighted by atomic mass is 16.5. The van der Waals surface area contributed by atoms with Crippen LogP contribution < -0.4 is 4.74 Å². The minimum Gasteiger partial charge on any atom is -0.491 e. The molecule has 1 fully saturated rings. The third-order valence-electron chi connectivity index (χ3n) is 5.30. The maximum absolute atomic E-state index is 6.06. The number of aromatic nitrogens is 3. The topological polar surface area (TPSA) is 43.2 Å². The van der Waals surface area contributed by atoms with Gasteiger partial charge in [0.25, 0.3) is 0 Å². The molecule has 0 unspecified atom stereocenters. The van der Waals surface area contributed by atoms with Gasteiger partial charge < -0.3 is 9.30 Å². The van der Waals surface area contributed by atoms with Gasteiger partial charge in [-0.1, -0.05) is 18.2 Å². The molecule has 1 saturated heterocycles. The second kappa shape index (κ2) is 8.82. The molecular formula is C22H26N4O. The van der Waals surface area contributed by atoms with Gasteiger partial charge in [0.15, 0.2) is 0 Å². The molecule has 0 radical (unpaired) electrons. The van der Waals surface area contributed by atoms with Gasteiger partial charge in [0.05, 0.1) is 12.9 Å². The number of rotatable bonds is 7. The molecule has 1 aromatic carbocycles. The van der Waals surface area contributed by atoms with E-state index in [9.17, 15) is 0 Å². The van der Waals surface area contributed by atoms with Crippen LogP contribution in [0.1, 0.15) is 29.9 Å². The average Bonchev–Trinajstić information content (AvgIpc) is 3.24. The lowest BCUT2D eigenvalue weighted by Gasteiger charge is -2.32. The molecule has 0 spiro atoms. The third kappa shape index (κ3) is 4.74. The third-order valence-corrected chi connectivity index (χ3v) is 5.30. The van der Waals surface area contributed by atoms with Crippen LogP contribution in [0.2, 0.25) is 0 Å². The number of benzene rings is 1. The summed E-state index contributed by atoms with van der Waals surface area (Å²) in [5, 5.41) is 0. The van der Waals surface area contributed by atoms with Crippen molar-refractivity contribution in [2.24, 2.45) is 0 Å². The average molecular weight is 362 g/mol. The molecule has 3 heterocycles. The number of pyridine rings is 1. The van der Waals surface area contributed by atoms with Crippen LogP contribution in [0.25, 0.3) is 0 Å². The summed E-state index contributed by atoms with van der Waals surface area (Å²) in [6, 6.07) is 12.7. The molecule has 4 rings (SSSR count). The molecule has 1 aliphatic rings. The van der Waals surface area contributed by atoms with Gasteiger partial charge in [-0.2, -0.15) is 0 Å². The van der Waals surface area contributed by atoms with Crippen molar-refractivity contribution in [2.75, 3.05) is 19.7 Å². The summed E-state index contributed by atoms with van der Waals surface area (Å²) in [7, 11) is 0. The molecule has 5 heteroatoms. The second-order valence-corrected chi connectivity index (χ2v) is 7.09. The molecular weight excluding hydrogens is 336 g/mol. The fourth-order valence-electron chi connectivity index (χ4n) is 3.76. The highest BCUT2D eigenvalue weighted by Crippen LogP contribution is 2.29. The lowest BCUT2D eigenvalue weighted by atomic mass is 9.90. The summed E-state index contributed by atoms with van der Waals surface area (Å²) in [6.07, 6.45) is 11.8. The molecule has 27 heavy (non-hydrogen) atoms. The van der Waals surface area contributed by atoms with Crippen molar-refractivity contribution in [3.8, 4) is 5.75 Å². The molecule has 0 aliphatic carbocycles. The van der Waals surface area contributed by atoms with Crippen molar-refractivity contribution in [1.29, 1.82) is 0 Å². The van der Waals surface area contributed by atoms with Crippen LogP contribution in [0.4, 0.5) is 0 Å². The predicted molar refractivity (Wildman–Crippen MR) is 106 cm³/mol. The van der Waals surface area contributed by atoms with Gasteiger partial charge in [-0.15, -0.1) is 0 Å². The Morgan fingerprint density at radius 2 is 1.78 bits per heavy atom. The maximum atomic E-state index is 6.06. The molecule has 2 aromatic heterocycles.